The third-order valence-electron chi connectivity index (χ3n) is 4.63. The monoisotopic (exact) mass is 489 g/mol. The highest BCUT2D eigenvalue weighted by Crippen LogP contribution is 2.26. The van der Waals surface area contributed by atoms with Crippen LogP contribution in [0.2, 0.25) is 0 Å². The lowest BCUT2D eigenvalue weighted by Crippen LogP contribution is -2.43. The van der Waals surface area contributed by atoms with Crippen molar-refractivity contribution >= 4 is 33.6 Å². The van der Waals surface area contributed by atoms with Crippen LogP contribution in [0.1, 0.15) is 18.1 Å². The summed E-state index contributed by atoms with van der Waals surface area (Å²) in [5.41, 5.74) is 0.343. The Bertz CT molecular complexity index is 1050. The molecule has 3 rings (SSSR count). The molecule has 32 heavy (non-hydrogen) atoms. The van der Waals surface area contributed by atoms with E-state index in [1.54, 1.807) is 6.92 Å². The zero-order valence-corrected chi connectivity index (χ0v) is 19.3. The normalized spacial score (nSPS) is 16.0. The van der Waals surface area contributed by atoms with Gasteiger partial charge in [0, 0.05) is 36.5 Å². The van der Waals surface area contributed by atoms with Crippen LogP contribution in [0.15, 0.2) is 23.4 Å². The van der Waals surface area contributed by atoms with Crippen molar-refractivity contribution in [1.29, 1.82) is 0 Å². The number of morpholine rings is 1. The first-order chi connectivity index (χ1) is 15.2. The molecular weight excluding hydrogens is 464 g/mol. The molecule has 0 saturated carbocycles. The Hall–Kier alpha value is -2.06. The number of hydrogen-bond donors (Lipinski definition) is 3. The largest absolute Gasteiger partial charge is 0.394 e. The van der Waals surface area contributed by atoms with Crippen LogP contribution in [0, 0.1) is 18.6 Å². The van der Waals surface area contributed by atoms with Crippen LogP contribution in [0.3, 0.4) is 0 Å². The molecule has 0 bridgehead atoms. The second-order valence-electron chi connectivity index (χ2n) is 7.23. The third-order valence-corrected chi connectivity index (χ3v) is 7.04. The summed E-state index contributed by atoms with van der Waals surface area (Å²) < 4.78 is 62.3. The summed E-state index contributed by atoms with van der Waals surface area (Å²) in [6, 6.07) is 4.02. The molecule has 1 saturated heterocycles. The minimum absolute atomic E-state index is 0.0113. The van der Waals surface area contributed by atoms with Crippen LogP contribution in [-0.2, 0) is 20.7 Å². The molecular formula is C19H25F2N5O4S2. The van der Waals surface area contributed by atoms with Crippen LogP contribution >= 0.6 is 11.8 Å². The van der Waals surface area contributed by atoms with E-state index in [4.69, 9.17) is 4.74 Å². The molecule has 1 aromatic carbocycles. The van der Waals surface area contributed by atoms with E-state index >= 15 is 0 Å². The van der Waals surface area contributed by atoms with Gasteiger partial charge in [0.2, 0.25) is 0 Å². The van der Waals surface area contributed by atoms with Crippen molar-refractivity contribution in [2.45, 2.75) is 30.8 Å². The van der Waals surface area contributed by atoms with E-state index < -0.39 is 21.8 Å². The molecule has 1 aliphatic rings. The maximum Gasteiger partial charge on any atom is 0.302 e. The van der Waals surface area contributed by atoms with E-state index in [1.165, 1.54) is 29.4 Å². The van der Waals surface area contributed by atoms with Crippen molar-refractivity contribution in [1.82, 2.24) is 14.3 Å². The SMILES string of the molecule is Cc1ccc(CSc2nc(N[C@H](C)CO)cc(NS(=O)(=O)N3CCOCC3)n2)c(F)c1F. The summed E-state index contributed by atoms with van der Waals surface area (Å²) in [5, 5.41) is 12.4. The van der Waals surface area contributed by atoms with Crippen molar-refractivity contribution in [2.24, 2.45) is 0 Å². The minimum Gasteiger partial charge on any atom is -0.394 e. The number of hydrogen-bond acceptors (Lipinski definition) is 8. The summed E-state index contributed by atoms with van der Waals surface area (Å²) in [6.45, 7) is 4.05. The molecule has 13 heteroatoms. The van der Waals surface area contributed by atoms with E-state index in [1.807, 2.05) is 0 Å². The molecule has 176 valence electrons. The van der Waals surface area contributed by atoms with E-state index in [0.717, 1.165) is 11.8 Å². The van der Waals surface area contributed by atoms with Crippen LogP contribution < -0.4 is 10.0 Å². The molecule has 2 heterocycles. The van der Waals surface area contributed by atoms with Crippen LogP contribution in [-0.4, -0.2) is 66.7 Å². The Morgan fingerprint density at radius 1 is 1.22 bits per heavy atom. The summed E-state index contributed by atoms with van der Waals surface area (Å²) in [4.78, 5) is 8.51. The molecule has 9 nitrogen and oxygen atoms in total. The Labute approximate surface area is 189 Å². The number of ether oxygens (including phenoxy) is 1. The van der Waals surface area contributed by atoms with Gasteiger partial charge in [-0.1, -0.05) is 23.9 Å². The number of benzene rings is 1. The number of nitrogens with zero attached hydrogens (tertiary/aromatic N) is 3. The van der Waals surface area contributed by atoms with Gasteiger partial charge in [-0.05, 0) is 19.4 Å². The van der Waals surface area contributed by atoms with E-state index in [0.29, 0.717) is 13.2 Å². The molecule has 1 fully saturated rings. The standard InChI is InChI=1S/C19H25F2N5O4S2/c1-12-3-4-14(18(21)17(12)20)11-31-19-23-15(22-13(2)10-27)9-16(24-19)25-32(28,29)26-5-7-30-8-6-26/h3-4,9,13,27H,5-8,10-11H2,1-2H3,(H2,22,23,24,25)/t13-/m1/s1. The fourth-order valence-corrected chi connectivity index (χ4v) is 4.80. The average molecular weight is 490 g/mol. The van der Waals surface area contributed by atoms with Crippen LogP contribution in [0.4, 0.5) is 20.4 Å². The predicted molar refractivity (Wildman–Crippen MR) is 118 cm³/mol. The van der Waals surface area contributed by atoms with Gasteiger partial charge in [0.15, 0.2) is 16.8 Å². The predicted octanol–water partition coefficient (Wildman–Crippen LogP) is 2.14. The number of aromatic nitrogens is 2. The zero-order valence-electron chi connectivity index (χ0n) is 17.6. The topological polar surface area (TPSA) is 117 Å². The number of aryl methyl sites for hydroxylation is 1. The first-order valence-electron chi connectivity index (χ1n) is 9.88. The van der Waals surface area contributed by atoms with Crippen molar-refractivity contribution < 1.29 is 27.0 Å². The number of nitrogens with one attached hydrogen (secondary N) is 2. The van der Waals surface area contributed by atoms with Crippen LogP contribution in [0.25, 0.3) is 0 Å². The van der Waals surface area contributed by atoms with Crippen molar-refractivity contribution in [3.63, 3.8) is 0 Å². The number of rotatable bonds is 9. The van der Waals surface area contributed by atoms with Gasteiger partial charge in [0.05, 0.1) is 19.8 Å². The summed E-state index contributed by atoms with van der Waals surface area (Å²) in [5.74, 6) is -1.52. The smallest absolute Gasteiger partial charge is 0.302 e. The van der Waals surface area contributed by atoms with Gasteiger partial charge in [-0.15, -0.1) is 0 Å². The van der Waals surface area contributed by atoms with Gasteiger partial charge in [-0.25, -0.2) is 18.7 Å². The highest BCUT2D eigenvalue weighted by molar-refractivity contribution is 7.98. The Kier molecular flexibility index (Phi) is 8.22. The van der Waals surface area contributed by atoms with E-state index in [9.17, 15) is 22.3 Å². The molecule has 0 spiro atoms. The molecule has 1 atom stereocenters. The van der Waals surface area contributed by atoms with Gasteiger partial charge in [-0.3, -0.25) is 4.72 Å². The maximum atomic E-state index is 14.2. The second-order valence-corrected chi connectivity index (χ2v) is 9.84. The quantitative estimate of drug-likeness (QED) is 0.362. The number of aliphatic hydroxyl groups is 1. The minimum atomic E-state index is -3.87. The molecule has 0 radical (unpaired) electrons. The Balaban J connectivity index is 1.83. The van der Waals surface area contributed by atoms with Crippen molar-refractivity contribution in [3.8, 4) is 0 Å². The lowest BCUT2D eigenvalue weighted by Gasteiger charge is -2.26. The molecule has 3 N–H and O–H groups in total. The fraction of sp³-hybridized carbons (Fsp3) is 0.474. The zero-order chi connectivity index (χ0) is 23.3. The van der Waals surface area contributed by atoms with Crippen molar-refractivity contribution in [2.75, 3.05) is 42.9 Å². The van der Waals surface area contributed by atoms with Gasteiger partial charge < -0.3 is 15.2 Å². The molecule has 2 aromatic rings. The molecule has 1 aromatic heterocycles. The molecule has 0 unspecified atom stereocenters. The third kappa shape index (κ3) is 6.25. The highest BCUT2D eigenvalue weighted by Gasteiger charge is 2.25. The number of anilines is 2. The Morgan fingerprint density at radius 2 is 1.91 bits per heavy atom. The highest BCUT2D eigenvalue weighted by atomic mass is 32.2. The van der Waals surface area contributed by atoms with E-state index in [-0.39, 0.29) is 59.4 Å². The van der Waals surface area contributed by atoms with Gasteiger partial charge in [0.1, 0.15) is 11.6 Å². The van der Waals surface area contributed by atoms with Gasteiger partial charge in [0.25, 0.3) is 0 Å². The molecule has 0 amide bonds. The van der Waals surface area contributed by atoms with Crippen molar-refractivity contribution in [3.05, 3.63) is 41.0 Å². The second kappa shape index (κ2) is 10.7. The first-order valence-corrected chi connectivity index (χ1v) is 12.3. The van der Waals surface area contributed by atoms with Crippen LogP contribution in [0.5, 0.6) is 0 Å². The first kappa shape index (κ1) is 24.6. The number of thioether (sulfide) groups is 1. The molecule has 0 aliphatic carbocycles. The fourth-order valence-electron chi connectivity index (χ4n) is 2.84. The van der Waals surface area contributed by atoms with E-state index in [2.05, 4.69) is 20.0 Å². The Morgan fingerprint density at radius 3 is 2.59 bits per heavy atom. The molecule has 1 aliphatic heterocycles. The summed E-state index contributed by atoms with van der Waals surface area (Å²) in [7, 11) is -3.87. The lowest BCUT2D eigenvalue weighted by molar-refractivity contribution is 0.0733. The number of aliphatic hydroxyl groups excluding tert-OH is 1. The van der Waals surface area contributed by atoms with Gasteiger partial charge in [-0.2, -0.15) is 12.7 Å². The maximum absolute atomic E-state index is 14.2. The lowest BCUT2D eigenvalue weighted by atomic mass is 10.1. The van der Waals surface area contributed by atoms with Gasteiger partial charge >= 0.3 is 10.2 Å². The summed E-state index contributed by atoms with van der Waals surface area (Å²) in [6.07, 6.45) is 0. The number of halogens is 2. The summed E-state index contributed by atoms with van der Waals surface area (Å²) >= 11 is 1.03. The average Bonchev–Trinajstić information content (AvgIpc) is 2.77.